The molecule has 1 atom stereocenters. The van der Waals surface area contributed by atoms with E-state index in [4.69, 9.17) is 0 Å². The molecule has 0 radical (unpaired) electrons. The fraction of sp³-hybridized carbons (Fsp3) is 0.462. The predicted octanol–water partition coefficient (Wildman–Crippen LogP) is 1.75. The number of carbonyl (C=O) groups excluding carboxylic acids is 1. The third-order valence-electron chi connectivity index (χ3n) is 3.37. The van der Waals surface area contributed by atoms with E-state index in [0.717, 1.165) is 19.5 Å². The predicted molar refractivity (Wildman–Crippen MR) is 71.4 cm³/mol. The summed E-state index contributed by atoms with van der Waals surface area (Å²) in [5.74, 6) is -1.59. The van der Waals surface area contributed by atoms with Gasteiger partial charge < -0.3 is 10.2 Å². The van der Waals surface area contributed by atoms with E-state index < -0.39 is 11.6 Å². The van der Waals surface area contributed by atoms with Crippen molar-refractivity contribution in [2.45, 2.75) is 18.9 Å². The van der Waals surface area contributed by atoms with E-state index >= 15 is 0 Å². The fourth-order valence-corrected chi connectivity index (χ4v) is 2.15. The van der Waals surface area contributed by atoms with Crippen LogP contribution in [-0.4, -0.2) is 37.0 Å². The molecule has 0 bridgehead atoms. The second-order valence-corrected chi connectivity index (χ2v) is 4.53. The highest BCUT2D eigenvalue weighted by Crippen LogP contribution is 2.15. The highest BCUT2D eigenvalue weighted by molar-refractivity contribution is 5.85. The van der Waals surface area contributed by atoms with E-state index in [1.165, 1.54) is 18.2 Å². The molecule has 0 aliphatic carbocycles. The van der Waals surface area contributed by atoms with Crippen LogP contribution < -0.4 is 5.32 Å². The van der Waals surface area contributed by atoms with Gasteiger partial charge in [-0.05, 0) is 25.1 Å². The van der Waals surface area contributed by atoms with Gasteiger partial charge in [-0.1, -0.05) is 6.07 Å². The van der Waals surface area contributed by atoms with Gasteiger partial charge in [0, 0.05) is 25.2 Å². The van der Waals surface area contributed by atoms with Crippen molar-refractivity contribution in [3.8, 4) is 0 Å². The van der Waals surface area contributed by atoms with Crippen molar-refractivity contribution in [2.24, 2.45) is 0 Å². The molecule has 19 heavy (non-hydrogen) atoms. The van der Waals surface area contributed by atoms with Gasteiger partial charge in [-0.15, -0.1) is 12.4 Å². The molecule has 1 fully saturated rings. The Bertz CT molecular complexity index is 430. The van der Waals surface area contributed by atoms with Crippen LogP contribution in [-0.2, 0) is 11.2 Å². The van der Waals surface area contributed by atoms with Crippen LogP contribution in [0.3, 0.4) is 0 Å². The summed E-state index contributed by atoms with van der Waals surface area (Å²) in [4.78, 5) is 13.5. The first-order chi connectivity index (χ1) is 8.59. The minimum atomic E-state index is -0.665. The molecule has 1 aromatic rings. The Balaban J connectivity index is 0.00000180. The average Bonchev–Trinajstić information content (AvgIpc) is 2.86. The van der Waals surface area contributed by atoms with E-state index in [1.54, 1.807) is 11.9 Å². The van der Waals surface area contributed by atoms with Gasteiger partial charge >= 0.3 is 0 Å². The highest BCUT2D eigenvalue weighted by Gasteiger charge is 2.24. The van der Waals surface area contributed by atoms with Crippen LogP contribution in [0, 0.1) is 11.6 Å². The summed E-state index contributed by atoms with van der Waals surface area (Å²) in [6.45, 7) is 1.61. The molecule has 1 aliphatic heterocycles. The molecule has 1 saturated heterocycles. The lowest BCUT2D eigenvalue weighted by Gasteiger charge is -2.24. The second-order valence-electron chi connectivity index (χ2n) is 4.53. The molecule has 2 rings (SSSR count). The van der Waals surface area contributed by atoms with Gasteiger partial charge in [0.1, 0.15) is 11.6 Å². The van der Waals surface area contributed by atoms with Crippen molar-refractivity contribution in [1.82, 2.24) is 10.2 Å². The Morgan fingerprint density at radius 1 is 1.42 bits per heavy atom. The molecule has 106 valence electrons. The fourth-order valence-electron chi connectivity index (χ4n) is 2.15. The topological polar surface area (TPSA) is 32.3 Å². The number of nitrogens with one attached hydrogen (secondary N) is 1. The quantitative estimate of drug-likeness (QED) is 0.920. The Morgan fingerprint density at radius 2 is 2.05 bits per heavy atom. The zero-order valence-electron chi connectivity index (χ0n) is 10.7. The number of amides is 1. The van der Waals surface area contributed by atoms with E-state index in [-0.39, 0.29) is 36.3 Å². The maximum absolute atomic E-state index is 13.4. The van der Waals surface area contributed by atoms with Gasteiger partial charge in [0.15, 0.2) is 0 Å². The standard InChI is InChI=1S/C13H16F2N2O.ClH/c1-17(9-5-6-16-8-9)13(18)7-10-11(14)3-2-4-12(10)15;/h2-4,9,16H,5-8H2,1H3;1H. The summed E-state index contributed by atoms with van der Waals surface area (Å²) in [7, 11) is 1.68. The van der Waals surface area contributed by atoms with Crippen LogP contribution in [0.1, 0.15) is 12.0 Å². The van der Waals surface area contributed by atoms with Crippen LogP contribution in [0.4, 0.5) is 8.78 Å². The molecular weight excluding hydrogens is 274 g/mol. The van der Waals surface area contributed by atoms with Crippen LogP contribution >= 0.6 is 12.4 Å². The maximum Gasteiger partial charge on any atom is 0.227 e. The maximum atomic E-state index is 13.4. The zero-order chi connectivity index (χ0) is 13.1. The van der Waals surface area contributed by atoms with E-state index in [1.807, 2.05) is 0 Å². The van der Waals surface area contributed by atoms with Crippen LogP contribution in [0.25, 0.3) is 0 Å². The molecule has 0 spiro atoms. The summed E-state index contributed by atoms with van der Waals surface area (Å²) in [6, 6.07) is 3.75. The molecule has 1 unspecified atom stereocenters. The third kappa shape index (κ3) is 3.64. The number of likely N-dealkylation sites (N-methyl/N-ethyl adjacent to an activating group) is 1. The largest absolute Gasteiger partial charge is 0.341 e. The van der Waals surface area contributed by atoms with Crippen molar-refractivity contribution in [2.75, 3.05) is 20.1 Å². The van der Waals surface area contributed by atoms with Gasteiger partial charge in [-0.3, -0.25) is 4.79 Å². The van der Waals surface area contributed by atoms with Crippen molar-refractivity contribution >= 4 is 18.3 Å². The molecule has 0 aromatic heterocycles. The van der Waals surface area contributed by atoms with Gasteiger partial charge in [0.05, 0.1) is 6.42 Å². The van der Waals surface area contributed by atoms with Gasteiger partial charge in [-0.25, -0.2) is 8.78 Å². The molecule has 1 aromatic carbocycles. The van der Waals surface area contributed by atoms with Crippen molar-refractivity contribution in [3.63, 3.8) is 0 Å². The SMILES string of the molecule is CN(C(=O)Cc1c(F)cccc1F)C1CCNC1.Cl. The molecular formula is C13H17ClF2N2O. The third-order valence-corrected chi connectivity index (χ3v) is 3.37. The van der Waals surface area contributed by atoms with Crippen LogP contribution in [0.15, 0.2) is 18.2 Å². The molecule has 1 heterocycles. The monoisotopic (exact) mass is 290 g/mol. The van der Waals surface area contributed by atoms with Crippen LogP contribution in [0.2, 0.25) is 0 Å². The first-order valence-electron chi connectivity index (χ1n) is 5.99. The zero-order valence-corrected chi connectivity index (χ0v) is 11.5. The highest BCUT2D eigenvalue weighted by atomic mass is 35.5. The number of rotatable bonds is 3. The lowest BCUT2D eigenvalue weighted by Crippen LogP contribution is -2.39. The molecule has 6 heteroatoms. The van der Waals surface area contributed by atoms with Gasteiger partial charge in [0.2, 0.25) is 5.91 Å². The second kappa shape index (κ2) is 6.82. The average molecular weight is 291 g/mol. The number of benzene rings is 1. The van der Waals surface area contributed by atoms with E-state index in [0.29, 0.717) is 0 Å². The summed E-state index contributed by atoms with van der Waals surface area (Å²) in [6.07, 6.45) is 0.646. The molecule has 1 amide bonds. The molecule has 1 aliphatic rings. The van der Waals surface area contributed by atoms with E-state index in [2.05, 4.69) is 5.32 Å². The number of hydrogen-bond acceptors (Lipinski definition) is 2. The Kier molecular flexibility index (Phi) is 5.69. The summed E-state index contributed by atoms with van der Waals surface area (Å²) < 4.78 is 26.9. The van der Waals surface area contributed by atoms with Crippen molar-refractivity contribution in [1.29, 1.82) is 0 Å². The lowest BCUT2D eigenvalue weighted by molar-refractivity contribution is -0.131. The number of nitrogens with zero attached hydrogens (tertiary/aromatic N) is 1. The Morgan fingerprint density at radius 3 is 2.58 bits per heavy atom. The van der Waals surface area contributed by atoms with Crippen molar-refractivity contribution in [3.05, 3.63) is 35.4 Å². The number of hydrogen-bond donors (Lipinski definition) is 1. The number of halogens is 3. The first kappa shape index (κ1) is 15.9. The van der Waals surface area contributed by atoms with Crippen molar-refractivity contribution < 1.29 is 13.6 Å². The van der Waals surface area contributed by atoms with Crippen LogP contribution in [0.5, 0.6) is 0 Å². The normalized spacial score (nSPS) is 17.9. The minimum absolute atomic E-state index is 0. The molecule has 3 nitrogen and oxygen atoms in total. The smallest absolute Gasteiger partial charge is 0.227 e. The molecule has 1 N–H and O–H groups in total. The first-order valence-corrected chi connectivity index (χ1v) is 5.99. The summed E-state index contributed by atoms with van der Waals surface area (Å²) in [5.41, 5.74) is -0.152. The number of carbonyl (C=O) groups is 1. The molecule has 0 saturated carbocycles. The lowest BCUT2D eigenvalue weighted by atomic mass is 10.1. The summed E-state index contributed by atoms with van der Waals surface area (Å²) >= 11 is 0. The van der Waals surface area contributed by atoms with E-state index in [9.17, 15) is 13.6 Å². The Hall–Kier alpha value is -1.20. The summed E-state index contributed by atoms with van der Waals surface area (Å²) in [5, 5.41) is 3.15. The minimum Gasteiger partial charge on any atom is -0.341 e. The van der Waals surface area contributed by atoms with Gasteiger partial charge in [0.25, 0.3) is 0 Å². The van der Waals surface area contributed by atoms with Gasteiger partial charge in [-0.2, -0.15) is 0 Å². The Labute approximate surface area is 117 Å².